The molecule has 2 aromatic heterocycles. The van der Waals surface area contributed by atoms with Crippen LogP contribution >= 0.6 is 22.9 Å². The molecule has 1 N–H and O–H groups in total. The topological polar surface area (TPSA) is 51.2 Å². The van der Waals surface area contributed by atoms with Crippen molar-refractivity contribution in [1.82, 2.24) is 10.3 Å². The number of benzene rings is 1. The number of carbonyl (C=O) groups excluding carboxylic acids is 1. The van der Waals surface area contributed by atoms with Gasteiger partial charge in [-0.05, 0) is 42.0 Å². The Morgan fingerprint density at radius 1 is 1.17 bits per heavy atom. The Morgan fingerprint density at radius 3 is 2.58 bits per heavy atom. The lowest BCUT2D eigenvalue weighted by Crippen LogP contribution is -2.21. The van der Waals surface area contributed by atoms with Gasteiger partial charge < -0.3 is 10.1 Å². The normalized spacial score (nSPS) is 10.4. The van der Waals surface area contributed by atoms with Gasteiger partial charge in [0.05, 0.1) is 9.21 Å². The maximum Gasteiger partial charge on any atom is 0.261 e. The van der Waals surface area contributed by atoms with Crippen LogP contribution in [0, 0.1) is 5.82 Å². The number of pyridine rings is 1. The van der Waals surface area contributed by atoms with Crippen LogP contribution in [-0.2, 0) is 6.54 Å². The second kappa shape index (κ2) is 7.42. The summed E-state index contributed by atoms with van der Waals surface area (Å²) in [6.45, 7) is 0.345. The molecule has 1 amide bonds. The molecule has 0 fully saturated rings. The first-order chi connectivity index (χ1) is 11.6. The molecule has 0 aliphatic rings. The number of hydrogen-bond donors (Lipinski definition) is 1. The lowest BCUT2D eigenvalue weighted by Gasteiger charge is -2.06. The smallest absolute Gasteiger partial charge is 0.261 e. The van der Waals surface area contributed by atoms with E-state index in [0.717, 1.165) is 5.56 Å². The van der Waals surface area contributed by atoms with Crippen LogP contribution in [0.2, 0.25) is 4.34 Å². The largest absolute Gasteiger partial charge is 0.439 e. The fourth-order valence-corrected chi connectivity index (χ4v) is 2.86. The number of halogens is 2. The Kier molecular flexibility index (Phi) is 5.08. The van der Waals surface area contributed by atoms with Crippen molar-refractivity contribution in [3.05, 3.63) is 75.3 Å². The van der Waals surface area contributed by atoms with E-state index >= 15 is 0 Å². The predicted octanol–water partition coefficient (Wildman–Crippen LogP) is 4.66. The molecule has 1 aromatic carbocycles. The third-order valence-corrected chi connectivity index (χ3v) is 4.31. The number of hydrogen-bond acceptors (Lipinski definition) is 4. The highest BCUT2D eigenvalue weighted by Gasteiger charge is 2.08. The first-order valence-corrected chi connectivity index (χ1v) is 8.21. The molecule has 0 radical (unpaired) electrons. The molecular weight excluding hydrogens is 351 g/mol. The Hall–Kier alpha value is -2.44. The van der Waals surface area contributed by atoms with E-state index in [2.05, 4.69) is 10.3 Å². The fourth-order valence-electron chi connectivity index (χ4n) is 1.91. The maximum atomic E-state index is 12.8. The minimum absolute atomic E-state index is 0.182. The van der Waals surface area contributed by atoms with Crippen LogP contribution in [0.4, 0.5) is 4.39 Å². The van der Waals surface area contributed by atoms with Gasteiger partial charge in [0.2, 0.25) is 5.88 Å². The number of carbonyl (C=O) groups is 1. The molecule has 0 aliphatic carbocycles. The van der Waals surface area contributed by atoms with Gasteiger partial charge in [-0.25, -0.2) is 9.37 Å². The summed E-state index contributed by atoms with van der Waals surface area (Å²) in [5.41, 5.74) is 0.831. The lowest BCUT2D eigenvalue weighted by molar-refractivity contribution is 0.0955. The minimum atomic E-state index is -0.326. The van der Waals surface area contributed by atoms with Crippen molar-refractivity contribution >= 4 is 28.8 Å². The van der Waals surface area contributed by atoms with Crippen molar-refractivity contribution in [3.63, 3.8) is 0 Å². The second-order valence-corrected chi connectivity index (χ2v) is 6.56. The van der Waals surface area contributed by atoms with E-state index in [-0.39, 0.29) is 11.7 Å². The molecule has 0 spiro atoms. The van der Waals surface area contributed by atoms with Gasteiger partial charge >= 0.3 is 0 Å². The highest BCUT2D eigenvalue weighted by atomic mass is 35.5. The molecular formula is C17H12ClFN2O2S. The standard InChI is InChI=1S/C17H12ClFN2O2S/c18-15-7-6-14(24-15)17(22)21-10-11-1-8-16(20-9-11)23-13-4-2-12(19)3-5-13/h1-9H,10H2,(H,21,22). The fraction of sp³-hybridized carbons (Fsp3) is 0.0588. The SMILES string of the molecule is O=C(NCc1ccc(Oc2ccc(F)cc2)nc1)c1ccc(Cl)s1. The van der Waals surface area contributed by atoms with Crippen LogP contribution < -0.4 is 10.1 Å². The summed E-state index contributed by atoms with van der Waals surface area (Å²) in [4.78, 5) is 16.7. The number of nitrogens with one attached hydrogen (secondary N) is 1. The number of ether oxygens (including phenoxy) is 1. The first-order valence-electron chi connectivity index (χ1n) is 7.02. The summed E-state index contributed by atoms with van der Waals surface area (Å²) < 4.78 is 18.9. The van der Waals surface area contributed by atoms with Gasteiger partial charge in [0.15, 0.2) is 0 Å². The minimum Gasteiger partial charge on any atom is -0.439 e. The van der Waals surface area contributed by atoms with E-state index in [0.29, 0.717) is 27.4 Å². The van der Waals surface area contributed by atoms with Crippen LogP contribution in [0.3, 0.4) is 0 Å². The zero-order valence-corrected chi connectivity index (χ0v) is 13.9. The molecule has 122 valence electrons. The second-order valence-electron chi connectivity index (χ2n) is 4.85. The molecule has 0 saturated carbocycles. The Morgan fingerprint density at radius 2 is 1.96 bits per heavy atom. The van der Waals surface area contributed by atoms with Gasteiger partial charge in [0.25, 0.3) is 5.91 Å². The van der Waals surface area contributed by atoms with Crippen molar-refractivity contribution < 1.29 is 13.9 Å². The molecule has 0 aliphatic heterocycles. The number of nitrogens with zero attached hydrogens (tertiary/aromatic N) is 1. The van der Waals surface area contributed by atoms with E-state index in [4.69, 9.17) is 16.3 Å². The Bertz CT molecular complexity index is 835. The average molecular weight is 363 g/mol. The molecule has 2 heterocycles. The van der Waals surface area contributed by atoms with E-state index in [1.54, 1.807) is 30.5 Å². The predicted molar refractivity (Wildman–Crippen MR) is 91.2 cm³/mol. The van der Waals surface area contributed by atoms with Crippen molar-refractivity contribution in [1.29, 1.82) is 0 Å². The van der Waals surface area contributed by atoms with Gasteiger partial charge in [-0.15, -0.1) is 11.3 Å². The number of rotatable bonds is 5. The van der Waals surface area contributed by atoms with Crippen LogP contribution in [0.25, 0.3) is 0 Å². The van der Waals surface area contributed by atoms with E-state index in [1.165, 1.54) is 35.6 Å². The van der Waals surface area contributed by atoms with Gasteiger partial charge in [0.1, 0.15) is 11.6 Å². The summed E-state index contributed by atoms with van der Waals surface area (Å²) in [6.07, 6.45) is 1.61. The lowest BCUT2D eigenvalue weighted by atomic mass is 10.3. The van der Waals surface area contributed by atoms with E-state index in [1.807, 2.05) is 0 Å². The molecule has 0 saturated heterocycles. The molecule has 0 atom stereocenters. The molecule has 7 heteroatoms. The summed E-state index contributed by atoms with van der Waals surface area (Å²) in [7, 11) is 0. The van der Waals surface area contributed by atoms with Gasteiger partial charge in [0, 0.05) is 18.8 Å². The summed E-state index contributed by atoms with van der Waals surface area (Å²) in [5, 5.41) is 2.79. The van der Waals surface area contributed by atoms with Crippen molar-refractivity contribution in [3.8, 4) is 11.6 Å². The summed E-state index contributed by atoms with van der Waals surface area (Å²) in [5.74, 6) is 0.383. The Balaban J connectivity index is 1.56. The van der Waals surface area contributed by atoms with Crippen LogP contribution in [0.5, 0.6) is 11.6 Å². The number of amides is 1. The molecule has 0 unspecified atom stereocenters. The van der Waals surface area contributed by atoms with Crippen molar-refractivity contribution in [2.24, 2.45) is 0 Å². The third kappa shape index (κ3) is 4.31. The van der Waals surface area contributed by atoms with Crippen LogP contribution in [-0.4, -0.2) is 10.9 Å². The highest BCUT2D eigenvalue weighted by molar-refractivity contribution is 7.17. The monoisotopic (exact) mass is 362 g/mol. The highest BCUT2D eigenvalue weighted by Crippen LogP contribution is 2.22. The van der Waals surface area contributed by atoms with E-state index < -0.39 is 0 Å². The van der Waals surface area contributed by atoms with Crippen molar-refractivity contribution in [2.45, 2.75) is 6.54 Å². The summed E-state index contributed by atoms with van der Waals surface area (Å²) >= 11 is 7.03. The molecule has 24 heavy (non-hydrogen) atoms. The summed E-state index contributed by atoms with van der Waals surface area (Å²) in [6, 6.07) is 12.5. The van der Waals surface area contributed by atoms with Gasteiger partial charge in [-0.2, -0.15) is 0 Å². The van der Waals surface area contributed by atoms with Crippen molar-refractivity contribution in [2.75, 3.05) is 0 Å². The quantitative estimate of drug-likeness (QED) is 0.718. The van der Waals surface area contributed by atoms with E-state index in [9.17, 15) is 9.18 Å². The zero-order valence-electron chi connectivity index (χ0n) is 12.3. The zero-order chi connectivity index (χ0) is 16.9. The maximum absolute atomic E-state index is 12.8. The third-order valence-electron chi connectivity index (χ3n) is 3.08. The molecule has 0 bridgehead atoms. The number of thiophene rings is 1. The number of aromatic nitrogens is 1. The van der Waals surface area contributed by atoms with Crippen LogP contribution in [0.1, 0.15) is 15.2 Å². The van der Waals surface area contributed by atoms with Gasteiger partial charge in [-0.1, -0.05) is 17.7 Å². The Labute approximate surface area is 146 Å². The van der Waals surface area contributed by atoms with Crippen LogP contribution in [0.15, 0.2) is 54.7 Å². The average Bonchev–Trinajstić information content (AvgIpc) is 3.03. The molecule has 4 nitrogen and oxygen atoms in total. The molecule has 3 rings (SSSR count). The molecule has 3 aromatic rings. The first kappa shape index (κ1) is 16.4. The van der Waals surface area contributed by atoms with Gasteiger partial charge in [-0.3, -0.25) is 4.79 Å².